The number of methoxy groups -OCH3 is 1. The molecule has 1 aliphatic heterocycles. The Hall–Kier alpha value is -2.68. The van der Waals surface area contributed by atoms with Crippen molar-refractivity contribution in [3.8, 4) is 0 Å². The molecule has 1 aromatic carbocycles. The third-order valence-electron chi connectivity index (χ3n) is 6.08. The number of rotatable bonds is 7. The van der Waals surface area contributed by atoms with E-state index in [4.69, 9.17) is 4.74 Å². The van der Waals surface area contributed by atoms with E-state index in [1.165, 1.54) is 18.2 Å². The minimum atomic E-state index is -4.42. The molecule has 6 nitrogen and oxygen atoms in total. The van der Waals surface area contributed by atoms with Crippen LogP contribution in [0.3, 0.4) is 0 Å². The summed E-state index contributed by atoms with van der Waals surface area (Å²) in [5.74, 6) is 0.000366. The number of aromatic nitrogens is 2. The zero-order valence-electron chi connectivity index (χ0n) is 19.3. The molecule has 2 heterocycles. The number of halogens is 3. The quantitative estimate of drug-likeness (QED) is 0.602. The van der Waals surface area contributed by atoms with E-state index in [0.717, 1.165) is 18.6 Å². The molecule has 1 N–H and O–H groups in total. The third kappa shape index (κ3) is 6.22. The maximum absolute atomic E-state index is 13.2. The monoisotopic (exact) mass is 465 g/mol. The zero-order valence-corrected chi connectivity index (χ0v) is 19.3. The Kier molecular flexibility index (Phi) is 7.31. The van der Waals surface area contributed by atoms with Gasteiger partial charge in [0.2, 0.25) is 5.95 Å². The number of H-pyrrole nitrogens is 1. The molecular weight excluding hydrogens is 435 g/mol. The van der Waals surface area contributed by atoms with Crippen molar-refractivity contribution in [2.45, 2.75) is 45.7 Å². The van der Waals surface area contributed by atoms with E-state index in [1.54, 1.807) is 7.11 Å². The molecule has 0 bridgehead atoms. The molecule has 1 saturated heterocycles. The standard InChI is InChI=1S/C24H30F3N3O3/c1-23(2,3)18(16-5-7-17(8-6-16)24(25,26)27)11-20(31)19-12-21(32)29-22(28-19)30-10-9-15(13-30)14-33-4/h5-8,12,15,18H,9-11,13-14H2,1-4H3,(H,28,29,32)/t15?,18-/m0/s1. The van der Waals surface area contributed by atoms with Crippen LogP contribution in [0.2, 0.25) is 0 Å². The maximum Gasteiger partial charge on any atom is 0.416 e. The number of Topliss-reactive ketones (excluding diaryl/α,β-unsaturated/α-hetero) is 1. The van der Waals surface area contributed by atoms with E-state index >= 15 is 0 Å². The molecule has 1 aliphatic rings. The van der Waals surface area contributed by atoms with Crippen LogP contribution in [0.15, 0.2) is 35.1 Å². The summed E-state index contributed by atoms with van der Waals surface area (Å²) in [5.41, 5.74) is -0.855. The average Bonchev–Trinajstić information content (AvgIpc) is 3.19. The van der Waals surface area contributed by atoms with E-state index < -0.39 is 22.7 Å². The lowest BCUT2D eigenvalue weighted by Gasteiger charge is -2.31. The molecule has 0 aliphatic carbocycles. The van der Waals surface area contributed by atoms with Crippen LogP contribution < -0.4 is 10.5 Å². The van der Waals surface area contributed by atoms with Crippen LogP contribution in [0.4, 0.5) is 19.1 Å². The lowest BCUT2D eigenvalue weighted by Crippen LogP contribution is -2.28. The van der Waals surface area contributed by atoms with Crippen molar-refractivity contribution in [2.24, 2.45) is 11.3 Å². The van der Waals surface area contributed by atoms with Gasteiger partial charge in [-0.1, -0.05) is 32.9 Å². The second-order valence-corrected chi connectivity index (χ2v) is 9.68. The number of anilines is 1. The highest BCUT2D eigenvalue weighted by atomic mass is 19.4. The van der Waals surface area contributed by atoms with Gasteiger partial charge < -0.3 is 9.64 Å². The van der Waals surface area contributed by atoms with Gasteiger partial charge >= 0.3 is 6.18 Å². The number of aromatic amines is 1. The molecule has 1 fully saturated rings. The fourth-order valence-electron chi connectivity index (χ4n) is 4.25. The molecule has 180 valence electrons. The number of nitrogens with zero attached hydrogens (tertiary/aromatic N) is 2. The predicted molar refractivity (Wildman–Crippen MR) is 120 cm³/mol. The van der Waals surface area contributed by atoms with Gasteiger partial charge in [-0.05, 0) is 35.4 Å². The first-order valence-electron chi connectivity index (χ1n) is 10.9. The van der Waals surface area contributed by atoms with Crippen LogP contribution in [-0.2, 0) is 10.9 Å². The van der Waals surface area contributed by atoms with Crippen molar-refractivity contribution in [3.63, 3.8) is 0 Å². The Morgan fingerprint density at radius 1 is 1.24 bits per heavy atom. The van der Waals surface area contributed by atoms with Crippen LogP contribution >= 0.6 is 0 Å². The lowest BCUT2D eigenvalue weighted by molar-refractivity contribution is -0.137. The molecule has 1 unspecified atom stereocenters. The number of carbonyl (C=O) groups excluding carboxylic acids is 1. The summed E-state index contributed by atoms with van der Waals surface area (Å²) in [6.45, 7) is 7.77. The van der Waals surface area contributed by atoms with Crippen molar-refractivity contribution in [2.75, 3.05) is 31.7 Å². The Labute approximate surface area is 191 Å². The second-order valence-electron chi connectivity index (χ2n) is 9.68. The van der Waals surface area contributed by atoms with E-state index in [9.17, 15) is 22.8 Å². The number of hydrogen-bond donors (Lipinski definition) is 1. The fourth-order valence-corrected chi connectivity index (χ4v) is 4.25. The molecule has 2 atom stereocenters. The van der Waals surface area contributed by atoms with Crippen LogP contribution in [0.25, 0.3) is 0 Å². The molecule has 1 aromatic heterocycles. The lowest BCUT2D eigenvalue weighted by atomic mass is 9.73. The molecule has 3 rings (SSSR count). The largest absolute Gasteiger partial charge is 0.416 e. The minimum absolute atomic E-state index is 0.0249. The summed E-state index contributed by atoms with van der Waals surface area (Å²) < 4.78 is 44.1. The number of nitrogens with one attached hydrogen (secondary N) is 1. The van der Waals surface area contributed by atoms with Crippen LogP contribution in [0.5, 0.6) is 0 Å². The summed E-state index contributed by atoms with van der Waals surface area (Å²) in [7, 11) is 1.64. The minimum Gasteiger partial charge on any atom is -0.384 e. The van der Waals surface area contributed by atoms with Crippen LogP contribution in [0.1, 0.15) is 61.1 Å². The molecule has 0 amide bonds. The van der Waals surface area contributed by atoms with E-state index in [1.807, 2.05) is 25.7 Å². The number of benzene rings is 1. The van der Waals surface area contributed by atoms with E-state index in [2.05, 4.69) is 9.97 Å². The van der Waals surface area contributed by atoms with Gasteiger partial charge in [0.1, 0.15) is 5.69 Å². The van der Waals surface area contributed by atoms with Gasteiger partial charge in [-0.25, -0.2) is 4.98 Å². The molecular formula is C24H30F3N3O3. The summed E-state index contributed by atoms with van der Waals surface area (Å²) in [6.07, 6.45) is -3.50. The Morgan fingerprint density at radius 3 is 2.48 bits per heavy atom. The van der Waals surface area contributed by atoms with E-state index in [-0.39, 0.29) is 23.8 Å². The topological polar surface area (TPSA) is 75.3 Å². The summed E-state index contributed by atoms with van der Waals surface area (Å²) in [6, 6.07) is 6.09. The highest BCUT2D eigenvalue weighted by Crippen LogP contribution is 2.39. The first-order valence-corrected chi connectivity index (χ1v) is 10.9. The third-order valence-corrected chi connectivity index (χ3v) is 6.08. The number of hydrogen-bond acceptors (Lipinski definition) is 5. The van der Waals surface area contributed by atoms with Gasteiger partial charge in [0, 0.05) is 38.6 Å². The summed E-state index contributed by atoms with van der Waals surface area (Å²) in [5, 5.41) is 0. The number of carbonyl (C=O) groups is 1. The fraction of sp³-hybridized carbons (Fsp3) is 0.542. The molecule has 0 radical (unpaired) electrons. The smallest absolute Gasteiger partial charge is 0.384 e. The van der Waals surface area contributed by atoms with Gasteiger partial charge in [0.25, 0.3) is 5.56 Å². The van der Waals surface area contributed by atoms with Gasteiger partial charge in [-0.3, -0.25) is 14.6 Å². The SMILES string of the molecule is COCC1CCN(c2nc(C(=O)C[C@@H](c3ccc(C(F)(F)F)cc3)C(C)(C)C)cc(=O)[nH]2)C1. The second kappa shape index (κ2) is 9.67. The highest BCUT2D eigenvalue weighted by molar-refractivity contribution is 5.95. The summed E-state index contributed by atoms with van der Waals surface area (Å²) in [4.78, 5) is 34.5. The van der Waals surface area contributed by atoms with Crippen molar-refractivity contribution >= 4 is 11.7 Å². The predicted octanol–water partition coefficient (Wildman–Crippen LogP) is 4.66. The van der Waals surface area contributed by atoms with Crippen molar-refractivity contribution in [1.29, 1.82) is 0 Å². The molecule has 0 saturated carbocycles. The first kappa shape index (κ1) is 25.0. The Morgan fingerprint density at radius 2 is 1.91 bits per heavy atom. The average molecular weight is 466 g/mol. The van der Waals surface area contributed by atoms with Gasteiger partial charge in [0.15, 0.2) is 5.78 Å². The van der Waals surface area contributed by atoms with Crippen LogP contribution in [-0.4, -0.2) is 42.6 Å². The van der Waals surface area contributed by atoms with Crippen molar-refractivity contribution < 1.29 is 22.7 Å². The van der Waals surface area contributed by atoms with Crippen LogP contribution in [0, 0.1) is 11.3 Å². The normalized spacial score (nSPS) is 17.9. The summed E-state index contributed by atoms with van der Waals surface area (Å²) >= 11 is 0. The van der Waals surface area contributed by atoms with Gasteiger partial charge in [0.05, 0.1) is 12.2 Å². The Bertz CT molecular complexity index is 1030. The maximum atomic E-state index is 13.2. The van der Waals surface area contributed by atoms with Gasteiger partial charge in [-0.15, -0.1) is 0 Å². The number of ketones is 1. The highest BCUT2D eigenvalue weighted by Gasteiger charge is 2.33. The number of alkyl halides is 3. The molecule has 0 spiro atoms. The van der Waals surface area contributed by atoms with Gasteiger partial charge in [-0.2, -0.15) is 13.2 Å². The molecule has 33 heavy (non-hydrogen) atoms. The first-order chi connectivity index (χ1) is 15.4. The zero-order chi connectivity index (χ0) is 24.4. The van der Waals surface area contributed by atoms with Crippen molar-refractivity contribution in [3.05, 3.63) is 57.5 Å². The van der Waals surface area contributed by atoms with Crippen molar-refractivity contribution in [1.82, 2.24) is 9.97 Å². The number of ether oxygens (including phenoxy) is 1. The Balaban J connectivity index is 1.83. The van der Waals surface area contributed by atoms with E-state index in [0.29, 0.717) is 37.1 Å². The molecule has 9 heteroatoms. The molecule has 2 aromatic rings.